The second-order valence-electron chi connectivity index (χ2n) is 7.07. The zero-order valence-corrected chi connectivity index (χ0v) is 13.5. The van der Waals surface area contributed by atoms with Crippen molar-refractivity contribution in [2.75, 3.05) is 6.54 Å². The third kappa shape index (κ3) is 4.34. The second-order valence-corrected chi connectivity index (χ2v) is 7.07. The highest BCUT2D eigenvalue weighted by molar-refractivity contribution is 5.07. The van der Waals surface area contributed by atoms with Crippen LogP contribution < -0.4 is 5.32 Å². The van der Waals surface area contributed by atoms with Crippen molar-refractivity contribution in [1.29, 1.82) is 0 Å². The Labute approximate surface area is 124 Å². The maximum Gasteiger partial charge on any atom is 0.0948 e. The molecule has 1 fully saturated rings. The molecule has 2 heterocycles. The highest BCUT2D eigenvalue weighted by atomic mass is 15.1. The maximum absolute atomic E-state index is 4.40. The van der Waals surface area contributed by atoms with Crippen molar-refractivity contribution < 1.29 is 0 Å². The number of imidazole rings is 1. The smallest absolute Gasteiger partial charge is 0.0948 e. The van der Waals surface area contributed by atoms with Crippen LogP contribution in [0.15, 0.2) is 12.5 Å². The van der Waals surface area contributed by atoms with Crippen LogP contribution in [0, 0.1) is 5.41 Å². The highest BCUT2D eigenvalue weighted by Crippen LogP contribution is 2.29. The second kappa shape index (κ2) is 7.26. The van der Waals surface area contributed by atoms with Crippen LogP contribution >= 0.6 is 0 Å². The van der Waals surface area contributed by atoms with E-state index in [9.17, 15) is 0 Å². The summed E-state index contributed by atoms with van der Waals surface area (Å²) in [6.07, 6.45) is 13.3. The molecule has 3 heteroatoms. The Kier molecular flexibility index (Phi) is 5.64. The molecular formula is C17H31N3. The predicted molar refractivity (Wildman–Crippen MR) is 84.7 cm³/mol. The lowest BCUT2D eigenvalue weighted by atomic mass is 9.86. The number of aromatic nitrogens is 2. The number of piperidine rings is 1. The van der Waals surface area contributed by atoms with Gasteiger partial charge in [0.15, 0.2) is 0 Å². The third-order valence-corrected chi connectivity index (χ3v) is 4.47. The van der Waals surface area contributed by atoms with Crippen LogP contribution in [0.4, 0.5) is 0 Å². The minimum absolute atomic E-state index is 0.360. The topological polar surface area (TPSA) is 29.9 Å². The van der Waals surface area contributed by atoms with E-state index in [2.05, 4.69) is 41.8 Å². The first-order chi connectivity index (χ1) is 9.62. The summed E-state index contributed by atoms with van der Waals surface area (Å²) >= 11 is 0. The molecule has 0 bridgehead atoms. The molecule has 0 aromatic carbocycles. The molecule has 20 heavy (non-hydrogen) atoms. The maximum atomic E-state index is 4.40. The van der Waals surface area contributed by atoms with Crippen molar-refractivity contribution in [2.45, 2.75) is 78.3 Å². The van der Waals surface area contributed by atoms with Gasteiger partial charge >= 0.3 is 0 Å². The molecule has 114 valence electrons. The molecule has 0 aliphatic carbocycles. The van der Waals surface area contributed by atoms with E-state index in [-0.39, 0.29) is 0 Å². The van der Waals surface area contributed by atoms with Crippen molar-refractivity contribution in [1.82, 2.24) is 14.9 Å². The fraction of sp³-hybridized carbons (Fsp3) is 0.824. The lowest BCUT2D eigenvalue weighted by molar-refractivity contribution is 0.262. The first-order valence-corrected chi connectivity index (χ1v) is 8.36. The fourth-order valence-corrected chi connectivity index (χ4v) is 3.25. The van der Waals surface area contributed by atoms with Crippen LogP contribution in [-0.4, -0.2) is 16.1 Å². The molecule has 0 spiro atoms. The van der Waals surface area contributed by atoms with Crippen molar-refractivity contribution in [3.8, 4) is 0 Å². The van der Waals surface area contributed by atoms with Crippen LogP contribution in [0.1, 0.15) is 77.5 Å². The van der Waals surface area contributed by atoms with E-state index < -0.39 is 0 Å². The molecule has 0 radical (unpaired) electrons. The third-order valence-electron chi connectivity index (χ3n) is 4.47. The van der Waals surface area contributed by atoms with Gasteiger partial charge in [-0.05, 0) is 31.2 Å². The SMILES string of the molecule is CCCCCC(C)(C)Cn1cncc1C1CCCCN1. The van der Waals surface area contributed by atoms with Gasteiger partial charge in [-0.15, -0.1) is 0 Å². The summed E-state index contributed by atoms with van der Waals surface area (Å²) in [4.78, 5) is 4.40. The Bertz CT molecular complexity index is 389. The predicted octanol–water partition coefficient (Wildman–Crippen LogP) is 4.30. The van der Waals surface area contributed by atoms with Crippen LogP contribution in [0.2, 0.25) is 0 Å². The number of unbranched alkanes of at least 4 members (excludes halogenated alkanes) is 2. The van der Waals surface area contributed by atoms with Crippen molar-refractivity contribution in [3.05, 3.63) is 18.2 Å². The molecule has 1 aliphatic rings. The number of nitrogens with one attached hydrogen (secondary N) is 1. The Morgan fingerprint density at radius 1 is 1.35 bits per heavy atom. The molecule has 1 aliphatic heterocycles. The van der Waals surface area contributed by atoms with E-state index in [0.717, 1.165) is 13.1 Å². The Morgan fingerprint density at radius 2 is 2.20 bits per heavy atom. The van der Waals surface area contributed by atoms with Crippen molar-refractivity contribution >= 4 is 0 Å². The summed E-state index contributed by atoms with van der Waals surface area (Å²) < 4.78 is 2.38. The molecule has 1 aromatic rings. The van der Waals surface area contributed by atoms with Gasteiger partial charge in [0.05, 0.1) is 12.0 Å². The molecular weight excluding hydrogens is 246 g/mol. The average molecular weight is 277 g/mol. The fourth-order valence-electron chi connectivity index (χ4n) is 3.25. The van der Waals surface area contributed by atoms with E-state index in [0.29, 0.717) is 11.5 Å². The molecule has 1 aromatic heterocycles. The van der Waals surface area contributed by atoms with E-state index >= 15 is 0 Å². The van der Waals surface area contributed by atoms with Gasteiger partial charge in [-0.25, -0.2) is 4.98 Å². The standard InChI is InChI=1S/C17H31N3/c1-4-5-7-10-17(2,3)13-20-14-18-12-16(20)15-9-6-8-11-19-15/h12,14-15,19H,4-11,13H2,1-3H3. The minimum atomic E-state index is 0.360. The quantitative estimate of drug-likeness (QED) is 0.753. The summed E-state index contributed by atoms with van der Waals surface area (Å²) in [5.41, 5.74) is 1.74. The summed E-state index contributed by atoms with van der Waals surface area (Å²) in [6, 6.07) is 0.512. The minimum Gasteiger partial charge on any atom is -0.333 e. The number of nitrogens with zero attached hydrogens (tertiary/aromatic N) is 2. The molecule has 0 amide bonds. The summed E-state index contributed by atoms with van der Waals surface area (Å²) in [5.74, 6) is 0. The van der Waals surface area contributed by atoms with Gasteiger partial charge in [0, 0.05) is 18.8 Å². The van der Waals surface area contributed by atoms with Crippen LogP contribution in [0.3, 0.4) is 0 Å². The van der Waals surface area contributed by atoms with Gasteiger partial charge in [0.2, 0.25) is 0 Å². The largest absolute Gasteiger partial charge is 0.333 e. The lowest BCUT2D eigenvalue weighted by Crippen LogP contribution is -2.30. The summed E-state index contributed by atoms with van der Waals surface area (Å²) in [6.45, 7) is 9.29. The molecule has 1 atom stereocenters. The van der Waals surface area contributed by atoms with E-state index in [1.165, 1.54) is 50.6 Å². The van der Waals surface area contributed by atoms with E-state index in [1.54, 1.807) is 0 Å². The van der Waals surface area contributed by atoms with Crippen molar-refractivity contribution in [3.63, 3.8) is 0 Å². The molecule has 1 saturated heterocycles. The van der Waals surface area contributed by atoms with Gasteiger partial charge in [-0.2, -0.15) is 0 Å². The number of hydrogen-bond acceptors (Lipinski definition) is 2. The van der Waals surface area contributed by atoms with E-state index in [4.69, 9.17) is 0 Å². The lowest BCUT2D eigenvalue weighted by Gasteiger charge is -2.29. The molecule has 2 rings (SSSR count). The van der Waals surface area contributed by atoms with Gasteiger partial charge in [0.1, 0.15) is 0 Å². The summed E-state index contributed by atoms with van der Waals surface area (Å²) in [5, 5.41) is 3.64. The van der Waals surface area contributed by atoms with Gasteiger partial charge in [0.25, 0.3) is 0 Å². The Morgan fingerprint density at radius 3 is 2.90 bits per heavy atom. The average Bonchev–Trinajstić information content (AvgIpc) is 2.87. The molecule has 3 nitrogen and oxygen atoms in total. The van der Waals surface area contributed by atoms with Crippen molar-refractivity contribution in [2.24, 2.45) is 5.41 Å². The number of hydrogen-bond donors (Lipinski definition) is 1. The molecule has 1 unspecified atom stereocenters. The Hall–Kier alpha value is -0.830. The van der Waals surface area contributed by atoms with Crippen LogP contribution in [0.5, 0.6) is 0 Å². The zero-order valence-electron chi connectivity index (χ0n) is 13.5. The van der Waals surface area contributed by atoms with Gasteiger partial charge in [-0.1, -0.05) is 46.5 Å². The number of rotatable bonds is 7. The monoisotopic (exact) mass is 277 g/mol. The van der Waals surface area contributed by atoms with Crippen LogP contribution in [-0.2, 0) is 6.54 Å². The van der Waals surface area contributed by atoms with Gasteiger partial charge < -0.3 is 9.88 Å². The van der Waals surface area contributed by atoms with E-state index in [1.807, 2.05) is 6.33 Å². The normalized spacial score (nSPS) is 20.2. The summed E-state index contributed by atoms with van der Waals surface area (Å²) in [7, 11) is 0. The molecule has 1 N–H and O–H groups in total. The van der Waals surface area contributed by atoms with Crippen LogP contribution in [0.25, 0.3) is 0 Å². The first-order valence-electron chi connectivity index (χ1n) is 8.36. The Balaban J connectivity index is 1.96. The van der Waals surface area contributed by atoms with Gasteiger partial charge in [-0.3, -0.25) is 0 Å². The highest BCUT2D eigenvalue weighted by Gasteiger charge is 2.23. The zero-order chi connectivity index (χ0) is 14.4. The molecule has 0 saturated carbocycles. The first kappa shape index (κ1) is 15.6.